The van der Waals surface area contributed by atoms with Crippen molar-refractivity contribution in [2.24, 2.45) is 4.99 Å². The number of hydrogen-bond acceptors (Lipinski definition) is 7. The first kappa shape index (κ1) is 26.7. The fraction of sp³-hybridized carbons (Fsp3) is 0.483. The summed E-state index contributed by atoms with van der Waals surface area (Å²) in [6.45, 7) is 8.53. The maximum absolute atomic E-state index is 14.1. The predicted octanol–water partition coefficient (Wildman–Crippen LogP) is 4.58. The third kappa shape index (κ3) is 5.64. The van der Waals surface area contributed by atoms with Crippen molar-refractivity contribution in [1.82, 2.24) is 0 Å². The van der Waals surface area contributed by atoms with Gasteiger partial charge in [0.1, 0.15) is 11.4 Å². The minimum atomic E-state index is -1.27. The van der Waals surface area contributed by atoms with Gasteiger partial charge in [0, 0.05) is 37.1 Å². The molecule has 2 aliphatic rings. The van der Waals surface area contributed by atoms with Gasteiger partial charge in [0.25, 0.3) is 5.91 Å². The van der Waals surface area contributed by atoms with E-state index in [2.05, 4.69) is 0 Å². The first-order valence-corrected chi connectivity index (χ1v) is 12.9. The number of aliphatic imine (C=N–C) groups is 1. The molecule has 0 aliphatic carbocycles. The van der Waals surface area contributed by atoms with E-state index in [1.807, 2.05) is 76.2 Å². The highest BCUT2D eigenvalue weighted by Crippen LogP contribution is 2.50. The zero-order valence-electron chi connectivity index (χ0n) is 22.0. The molecule has 37 heavy (non-hydrogen) atoms. The number of nitrogens with zero attached hydrogens (tertiary/aromatic N) is 2. The van der Waals surface area contributed by atoms with Gasteiger partial charge in [-0.3, -0.25) is 9.59 Å². The summed E-state index contributed by atoms with van der Waals surface area (Å²) in [7, 11) is 0. The topological polar surface area (TPSA) is 97.7 Å². The average molecular weight is 509 g/mol. The van der Waals surface area contributed by atoms with Crippen LogP contribution < -0.4 is 9.64 Å². The van der Waals surface area contributed by atoms with Crippen molar-refractivity contribution in [2.45, 2.75) is 70.6 Å². The second-order valence-electron chi connectivity index (χ2n) is 10.4. The van der Waals surface area contributed by atoms with Crippen LogP contribution in [0.5, 0.6) is 5.75 Å². The summed E-state index contributed by atoms with van der Waals surface area (Å²) >= 11 is 0. The van der Waals surface area contributed by atoms with Crippen molar-refractivity contribution in [3.63, 3.8) is 0 Å². The predicted molar refractivity (Wildman–Crippen MR) is 141 cm³/mol. The van der Waals surface area contributed by atoms with Crippen molar-refractivity contribution in [1.29, 1.82) is 0 Å². The van der Waals surface area contributed by atoms with Crippen molar-refractivity contribution < 1.29 is 28.9 Å². The fourth-order valence-corrected chi connectivity index (χ4v) is 4.76. The first-order valence-electron chi connectivity index (χ1n) is 12.9. The largest absolute Gasteiger partial charge is 0.494 e. The van der Waals surface area contributed by atoms with Gasteiger partial charge >= 0.3 is 5.97 Å². The van der Waals surface area contributed by atoms with Gasteiger partial charge < -0.3 is 24.2 Å². The smallest absolute Gasteiger partial charge is 0.306 e. The van der Waals surface area contributed by atoms with Crippen LogP contribution in [-0.4, -0.2) is 53.8 Å². The van der Waals surface area contributed by atoms with Crippen molar-refractivity contribution >= 4 is 23.5 Å². The Morgan fingerprint density at radius 3 is 2.57 bits per heavy atom. The molecule has 8 heteroatoms. The molecule has 0 saturated carbocycles. The molecule has 2 aromatic rings. The third-order valence-electron chi connectivity index (χ3n) is 6.34. The van der Waals surface area contributed by atoms with E-state index in [1.54, 1.807) is 4.90 Å². The normalized spacial score (nSPS) is 20.6. The van der Waals surface area contributed by atoms with Crippen LogP contribution >= 0.6 is 0 Å². The van der Waals surface area contributed by atoms with Crippen molar-refractivity contribution in [3.8, 4) is 5.75 Å². The molecule has 2 heterocycles. The van der Waals surface area contributed by atoms with Crippen LogP contribution in [0, 0.1) is 0 Å². The summed E-state index contributed by atoms with van der Waals surface area (Å²) in [6.07, 6.45) is 0.893. The van der Waals surface area contributed by atoms with Crippen LogP contribution in [0.25, 0.3) is 0 Å². The van der Waals surface area contributed by atoms with Crippen molar-refractivity contribution in [3.05, 3.63) is 59.7 Å². The van der Waals surface area contributed by atoms with Crippen LogP contribution in [-0.2, 0) is 19.1 Å². The number of carbonyl (C=O) groups excluding carboxylic acids is 2. The number of esters is 1. The highest BCUT2D eigenvalue weighted by molar-refractivity contribution is 6.09. The lowest BCUT2D eigenvalue weighted by Crippen LogP contribution is -2.54. The van der Waals surface area contributed by atoms with Gasteiger partial charge in [0.15, 0.2) is 11.6 Å². The number of amides is 1. The Kier molecular flexibility index (Phi) is 7.87. The number of carbonyl (C=O) groups is 2. The minimum Gasteiger partial charge on any atom is -0.494 e. The Balaban J connectivity index is 1.70. The van der Waals surface area contributed by atoms with E-state index in [4.69, 9.17) is 24.3 Å². The van der Waals surface area contributed by atoms with E-state index >= 15 is 0 Å². The lowest BCUT2D eigenvalue weighted by atomic mass is 9.79. The van der Waals surface area contributed by atoms with Gasteiger partial charge in [-0.25, -0.2) is 4.99 Å². The zero-order valence-corrected chi connectivity index (χ0v) is 22.0. The number of hydrogen-bond donors (Lipinski definition) is 1. The summed E-state index contributed by atoms with van der Waals surface area (Å²) in [5, 5.41) is 8.96. The molecule has 0 fully saturated rings. The molecule has 0 radical (unpaired) electrons. The highest BCUT2D eigenvalue weighted by Gasteiger charge is 2.58. The second-order valence-corrected chi connectivity index (χ2v) is 10.4. The minimum absolute atomic E-state index is 0.0411. The SMILES string of the molecule is CCCN1C(=O)[C@]2(CCC(=O)OC(C)(C)C)N=C(c3ccc(OCCCO)cc3)O[C@@H]2c2ccccc21. The number of benzene rings is 2. The maximum atomic E-state index is 14.1. The molecule has 198 valence electrons. The Morgan fingerprint density at radius 1 is 1.16 bits per heavy atom. The molecule has 2 aliphatic heterocycles. The quantitative estimate of drug-likeness (QED) is 0.373. The second kappa shape index (κ2) is 10.9. The molecule has 1 N–H and O–H groups in total. The van der Waals surface area contributed by atoms with Crippen LogP contribution in [0.4, 0.5) is 5.69 Å². The van der Waals surface area contributed by atoms with E-state index in [-0.39, 0.29) is 31.3 Å². The number of fused-ring (bicyclic) bond motifs is 3. The Hall–Kier alpha value is -3.39. The third-order valence-corrected chi connectivity index (χ3v) is 6.34. The van der Waals surface area contributed by atoms with Crippen LogP contribution in [0.15, 0.2) is 53.5 Å². The Bertz CT molecular complexity index is 1150. The Morgan fingerprint density at radius 2 is 1.89 bits per heavy atom. The number of rotatable bonds is 10. The summed E-state index contributed by atoms with van der Waals surface area (Å²) in [5.41, 5.74) is 0.519. The van der Waals surface area contributed by atoms with Gasteiger partial charge in [-0.2, -0.15) is 0 Å². The lowest BCUT2D eigenvalue weighted by Gasteiger charge is -2.41. The molecule has 0 bridgehead atoms. The van der Waals surface area contributed by atoms with Gasteiger partial charge in [-0.05, 0) is 63.9 Å². The first-order chi connectivity index (χ1) is 17.7. The molecule has 0 spiro atoms. The number of aliphatic hydroxyl groups excluding tert-OH is 1. The number of aliphatic hydroxyl groups is 1. The molecular weight excluding hydrogens is 472 g/mol. The van der Waals surface area contributed by atoms with E-state index in [1.165, 1.54) is 0 Å². The Labute approximate surface area is 218 Å². The van der Waals surface area contributed by atoms with Crippen LogP contribution in [0.1, 0.15) is 70.6 Å². The number of para-hydroxylation sites is 1. The van der Waals surface area contributed by atoms with Gasteiger partial charge in [0.05, 0.1) is 12.3 Å². The van der Waals surface area contributed by atoms with Gasteiger partial charge in [-0.1, -0.05) is 25.1 Å². The maximum Gasteiger partial charge on any atom is 0.306 e. The zero-order chi connectivity index (χ0) is 26.6. The van der Waals surface area contributed by atoms with E-state index in [9.17, 15) is 9.59 Å². The van der Waals surface area contributed by atoms with E-state index in [0.717, 1.165) is 17.7 Å². The summed E-state index contributed by atoms with van der Waals surface area (Å²) in [5.74, 6) is 0.490. The van der Waals surface area contributed by atoms with Gasteiger partial charge in [0.2, 0.25) is 5.90 Å². The molecule has 0 saturated heterocycles. The lowest BCUT2D eigenvalue weighted by molar-refractivity contribution is -0.155. The van der Waals surface area contributed by atoms with E-state index < -0.39 is 17.2 Å². The molecule has 8 nitrogen and oxygen atoms in total. The molecule has 0 aromatic heterocycles. The monoisotopic (exact) mass is 508 g/mol. The summed E-state index contributed by atoms with van der Waals surface area (Å²) < 4.78 is 17.6. The molecule has 4 rings (SSSR count). The molecule has 2 aromatic carbocycles. The molecular formula is C29H36N2O6. The van der Waals surface area contributed by atoms with Crippen LogP contribution in [0.3, 0.4) is 0 Å². The van der Waals surface area contributed by atoms with Crippen LogP contribution in [0.2, 0.25) is 0 Å². The highest BCUT2D eigenvalue weighted by atomic mass is 16.6. The summed E-state index contributed by atoms with van der Waals surface area (Å²) in [4.78, 5) is 33.5. The van der Waals surface area contributed by atoms with Crippen molar-refractivity contribution in [2.75, 3.05) is 24.7 Å². The average Bonchev–Trinajstić information content (AvgIpc) is 3.26. The summed E-state index contributed by atoms with van der Waals surface area (Å²) in [6, 6.07) is 15.0. The van der Waals surface area contributed by atoms with Gasteiger partial charge in [-0.15, -0.1) is 0 Å². The number of anilines is 1. The molecule has 1 amide bonds. The fourth-order valence-electron chi connectivity index (χ4n) is 4.76. The number of ether oxygens (including phenoxy) is 3. The molecule has 0 unspecified atom stereocenters. The van der Waals surface area contributed by atoms with E-state index in [0.29, 0.717) is 36.8 Å². The standard InChI is InChI=1S/C29H36N2O6/c1-5-17-31-23-10-7-6-9-22(23)25-29(27(31)34,16-15-24(33)37-28(2,3)4)30-26(36-25)20-11-13-21(14-12-20)35-19-8-18-32/h6-7,9-14,25,32H,5,8,15-19H2,1-4H3/t25-,29-/m1/s1. The molecule has 2 atom stereocenters.